The van der Waals surface area contributed by atoms with Gasteiger partial charge < -0.3 is 5.32 Å². The number of halogens is 1. The maximum atomic E-state index is 14.5. The van der Waals surface area contributed by atoms with Gasteiger partial charge in [0.2, 0.25) is 0 Å². The number of anilines is 2. The van der Waals surface area contributed by atoms with Gasteiger partial charge in [0.05, 0.1) is 11.3 Å². The third kappa shape index (κ3) is 3.39. The van der Waals surface area contributed by atoms with Crippen molar-refractivity contribution in [3.8, 4) is 0 Å². The number of carbonyl (C=O) groups is 2. The molecule has 3 aromatic rings. The molecule has 0 spiro atoms. The van der Waals surface area contributed by atoms with Crippen LogP contribution in [-0.2, 0) is 9.59 Å². The molecule has 0 aliphatic carbocycles. The van der Waals surface area contributed by atoms with E-state index in [-0.39, 0.29) is 17.0 Å². The van der Waals surface area contributed by atoms with Crippen molar-refractivity contribution >= 4 is 28.8 Å². The first-order valence-corrected chi connectivity index (χ1v) is 9.65. The normalized spacial score (nSPS) is 13.9. The monoisotopic (exact) mass is 400 g/mol. The molecule has 30 heavy (non-hydrogen) atoms. The Morgan fingerprint density at radius 3 is 2.17 bits per heavy atom. The van der Waals surface area contributed by atoms with Crippen LogP contribution < -0.4 is 10.2 Å². The molecule has 0 fully saturated rings. The Labute approximate surface area is 174 Å². The smallest absolute Gasteiger partial charge is 0.282 e. The van der Waals surface area contributed by atoms with E-state index >= 15 is 0 Å². The summed E-state index contributed by atoms with van der Waals surface area (Å²) in [5, 5.41) is 3.16. The first-order valence-electron chi connectivity index (χ1n) is 9.65. The summed E-state index contributed by atoms with van der Waals surface area (Å²) in [6.45, 7) is 5.82. The van der Waals surface area contributed by atoms with Gasteiger partial charge in [-0.2, -0.15) is 0 Å². The average Bonchev–Trinajstić information content (AvgIpc) is 2.96. The summed E-state index contributed by atoms with van der Waals surface area (Å²) in [4.78, 5) is 27.6. The minimum Gasteiger partial charge on any atom is -0.350 e. The van der Waals surface area contributed by atoms with Crippen molar-refractivity contribution in [2.75, 3.05) is 10.2 Å². The Balaban J connectivity index is 1.87. The Hall–Kier alpha value is -3.73. The maximum Gasteiger partial charge on any atom is 0.282 e. The highest BCUT2D eigenvalue weighted by atomic mass is 19.1. The van der Waals surface area contributed by atoms with Crippen LogP contribution in [0, 0.1) is 26.6 Å². The van der Waals surface area contributed by atoms with Crippen molar-refractivity contribution in [1.82, 2.24) is 0 Å². The number of benzene rings is 3. The van der Waals surface area contributed by atoms with Crippen LogP contribution in [0.3, 0.4) is 0 Å². The van der Waals surface area contributed by atoms with Crippen LogP contribution in [0.5, 0.6) is 0 Å². The molecule has 0 bridgehead atoms. The second kappa shape index (κ2) is 7.59. The van der Waals surface area contributed by atoms with Crippen molar-refractivity contribution in [2.45, 2.75) is 20.8 Å². The number of hydrogen-bond donors (Lipinski definition) is 1. The van der Waals surface area contributed by atoms with Crippen LogP contribution in [0.15, 0.2) is 72.4 Å². The van der Waals surface area contributed by atoms with E-state index in [1.165, 1.54) is 18.2 Å². The standard InChI is InChI=1S/C25H21FN2O2/c1-15-9-12-18(13-10-15)22-23(27-20-14-16(2)8-11-17(20)3)25(30)28(24(22)29)21-7-5-4-6-19(21)26/h4-14,27H,1-3H3. The minimum absolute atomic E-state index is 0.0603. The molecular formula is C25H21FN2O2. The van der Waals surface area contributed by atoms with Gasteiger partial charge in [-0.05, 0) is 55.7 Å². The van der Waals surface area contributed by atoms with Gasteiger partial charge in [-0.15, -0.1) is 0 Å². The highest BCUT2D eigenvalue weighted by Gasteiger charge is 2.41. The lowest BCUT2D eigenvalue weighted by molar-refractivity contribution is -0.120. The quantitative estimate of drug-likeness (QED) is 0.617. The number of nitrogens with one attached hydrogen (secondary N) is 1. The van der Waals surface area contributed by atoms with E-state index in [4.69, 9.17) is 0 Å². The second-order valence-electron chi connectivity index (χ2n) is 7.46. The van der Waals surface area contributed by atoms with E-state index in [1.807, 2.05) is 51.1 Å². The fourth-order valence-corrected chi connectivity index (χ4v) is 3.49. The van der Waals surface area contributed by atoms with Crippen LogP contribution in [0.25, 0.3) is 5.57 Å². The Bertz CT molecular complexity index is 1200. The van der Waals surface area contributed by atoms with E-state index in [1.54, 1.807) is 18.2 Å². The van der Waals surface area contributed by atoms with Gasteiger partial charge in [-0.1, -0.05) is 54.1 Å². The number of imide groups is 1. The Morgan fingerprint density at radius 1 is 0.800 bits per heavy atom. The molecule has 150 valence electrons. The summed E-state index contributed by atoms with van der Waals surface area (Å²) >= 11 is 0. The lowest BCUT2D eigenvalue weighted by Crippen LogP contribution is -2.33. The largest absolute Gasteiger partial charge is 0.350 e. The van der Waals surface area contributed by atoms with E-state index in [0.717, 1.165) is 27.3 Å². The molecule has 3 aromatic carbocycles. The van der Waals surface area contributed by atoms with Crippen molar-refractivity contribution in [3.63, 3.8) is 0 Å². The van der Waals surface area contributed by atoms with Gasteiger partial charge in [-0.25, -0.2) is 9.29 Å². The van der Waals surface area contributed by atoms with Crippen LogP contribution in [-0.4, -0.2) is 11.8 Å². The molecule has 4 rings (SSSR count). The molecule has 0 saturated heterocycles. The van der Waals surface area contributed by atoms with Crippen molar-refractivity contribution in [3.05, 3.63) is 100 Å². The first kappa shape index (κ1) is 19.6. The SMILES string of the molecule is Cc1ccc(C2=C(Nc3cc(C)ccc3C)C(=O)N(c3ccccc3F)C2=O)cc1. The minimum atomic E-state index is -0.629. The first-order chi connectivity index (χ1) is 14.4. The van der Waals surface area contributed by atoms with Crippen molar-refractivity contribution in [2.24, 2.45) is 0 Å². The molecule has 0 radical (unpaired) electrons. The second-order valence-corrected chi connectivity index (χ2v) is 7.46. The zero-order valence-corrected chi connectivity index (χ0v) is 17.0. The van der Waals surface area contributed by atoms with Crippen LogP contribution in [0.4, 0.5) is 15.8 Å². The lowest BCUT2D eigenvalue weighted by Gasteiger charge is -2.16. The molecule has 4 nitrogen and oxygen atoms in total. The predicted octanol–water partition coefficient (Wildman–Crippen LogP) is 5.15. The summed E-state index contributed by atoms with van der Waals surface area (Å²) in [7, 11) is 0. The predicted molar refractivity (Wildman–Crippen MR) is 117 cm³/mol. The summed E-state index contributed by atoms with van der Waals surface area (Å²) in [5.74, 6) is -1.77. The van der Waals surface area contributed by atoms with Crippen LogP contribution in [0.2, 0.25) is 0 Å². The summed E-state index contributed by atoms with van der Waals surface area (Å²) in [5.41, 5.74) is 4.62. The topological polar surface area (TPSA) is 49.4 Å². The Kier molecular flexibility index (Phi) is 4.96. The lowest BCUT2D eigenvalue weighted by atomic mass is 10.0. The number of carbonyl (C=O) groups excluding carboxylic acids is 2. The zero-order chi connectivity index (χ0) is 21.4. The van der Waals surface area contributed by atoms with Gasteiger partial charge in [0.1, 0.15) is 11.5 Å². The molecular weight excluding hydrogens is 379 g/mol. The van der Waals surface area contributed by atoms with Crippen molar-refractivity contribution < 1.29 is 14.0 Å². The van der Waals surface area contributed by atoms with Crippen LogP contribution in [0.1, 0.15) is 22.3 Å². The fourth-order valence-electron chi connectivity index (χ4n) is 3.49. The van der Waals surface area contributed by atoms with E-state index < -0.39 is 17.6 Å². The number of amides is 2. The molecule has 1 aliphatic rings. The summed E-state index contributed by atoms with van der Waals surface area (Å²) in [6.07, 6.45) is 0. The third-order valence-electron chi connectivity index (χ3n) is 5.17. The highest BCUT2D eigenvalue weighted by Crippen LogP contribution is 2.35. The van der Waals surface area contributed by atoms with E-state index in [9.17, 15) is 14.0 Å². The van der Waals surface area contributed by atoms with Gasteiger partial charge >= 0.3 is 0 Å². The third-order valence-corrected chi connectivity index (χ3v) is 5.17. The Morgan fingerprint density at radius 2 is 1.47 bits per heavy atom. The molecule has 0 atom stereocenters. The zero-order valence-electron chi connectivity index (χ0n) is 17.0. The number of hydrogen-bond acceptors (Lipinski definition) is 3. The number of para-hydroxylation sites is 1. The molecule has 0 aromatic heterocycles. The number of aryl methyl sites for hydroxylation is 3. The summed E-state index contributed by atoms with van der Waals surface area (Å²) < 4.78 is 14.5. The highest BCUT2D eigenvalue weighted by molar-refractivity contribution is 6.46. The van der Waals surface area contributed by atoms with E-state index in [2.05, 4.69) is 5.32 Å². The molecule has 1 heterocycles. The summed E-state index contributed by atoms with van der Waals surface area (Å²) in [6, 6.07) is 19.0. The number of nitrogens with zero attached hydrogens (tertiary/aromatic N) is 1. The fraction of sp³-hybridized carbons (Fsp3) is 0.120. The average molecular weight is 400 g/mol. The molecule has 5 heteroatoms. The maximum absolute atomic E-state index is 14.5. The van der Waals surface area contributed by atoms with Crippen molar-refractivity contribution in [1.29, 1.82) is 0 Å². The molecule has 0 saturated carbocycles. The molecule has 1 aliphatic heterocycles. The van der Waals surface area contributed by atoms with Gasteiger partial charge in [-0.3, -0.25) is 9.59 Å². The molecule has 0 unspecified atom stereocenters. The van der Waals surface area contributed by atoms with Gasteiger partial charge in [0.15, 0.2) is 0 Å². The molecule has 2 amide bonds. The van der Waals surface area contributed by atoms with Gasteiger partial charge in [0.25, 0.3) is 11.8 Å². The molecule has 1 N–H and O–H groups in total. The van der Waals surface area contributed by atoms with Crippen LogP contribution >= 0.6 is 0 Å². The van der Waals surface area contributed by atoms with E-state index in [0.29, 0.717) is 5.56 Å². The van der Waals surface area contributed by atoms with Gasteiger partial charge in [0, 0.05) is 5.69 Å². The number of rotatable bonds is 4.